The van der Waals surface area contributed by atoms with Gasteiger partial charge in [0.15, 0.2) is 5.75 Å². The minimum absolute atomic E-state index is 0.0617. The molecule has 1 aromatic carbocycles. The van der Waals surface area contributed by atoms with E-state index >= 15 is 0 Å². The summed E-state index contributed by atoms with van der Waals surface area (Å²) in [6.07, 6.45) is 1.54. The lowest BCUT2D eigenvalue weighted by molar-refractivity contribution is 0.0280. The van der Waals surface area contributed by atoms with Gasteiger partial charge in [0.25, 0.3) is 0 Å². The molecular weight excluding hydrogens is 230 g/mol. The Morgan fingerprint density at radius 1 is 1.28 bits per heavy atom. The Hall–Kier alpha value is -1.71. The molecule has 4 nitrogen and oxygen atoms in total. The summed E-state index contributed by atoms with van der Waals surface area (Å²) >= 11 is 0. The van der Waals surface area contributed by atoms with Gasteiger partial charge in [-0.3, -0.25) is 0 Å². The van der Waals surface area contributed by atoms with Crippen LogP contribution in [-0.2, 0) is 4.74 Å². The van der Waals surface area contributed by atoms with Crippen molar-refractivity contribution in [1.29, 1.82) is 0 Å². The second-order valence-corrected chi connectivity index (χ2v) is 4.00. The van der Waals surface area contributed by atoms with Gasteiger partial charge in [-0.1, -0.05) is 19.9 Å². The van der Waals surface area contributed by atoms with Crippen LogP contribution in [0, 0.1) is 0 Å². The van der Waals surface area contributed by atoms with Crippen LogP contribution in [0.25, 0.3) is 0 Å². The van der Waals surface area contributed by atoms with Gasteiger partial charge in [0.05, 0.1) is 12.3 Å². The fraction of sp³-hybridized carbons (Fsp3) is 0.500. The Morgan fingerprint density at radius 2 is 1.94 bits per heavy atom. The van der Waals surface area contributed by atoms with Crippen LogP contribution < -0.4 is 10.5 Å². The van der Waals surface area contributed by atoms with Crippen LogP contribution in [0.1, 0.15) is 44.0 Å². The van der Waals surface area contributed by atoms with E-state index in [0.29, 0.717) is 23.6 Å². The standard InChI is InChI=1S/C14H21NO3/c1-4-10(5-2)18-14(16)11-8-7-9-12(15)13(11)17-6-3/h7-10H,4-6,15H2,1-3H3. The number of benzene rings is 1. The smallest absolute Gasteiger partial charge is 0.342 e. The third-order valence-corrected chi connectivity index (χ3v) is 2.74. The molecule has 2 N–H and O–H groups in total. The van der Waals surface area contributed by atoms with Gasteiger partial charge in [-0.05, 0) is 31.9 Å². The third-order valence-electron chi connectivity index (χ3n) is 2.74. The van der Waals surface area contributed by atoms with Crippen molar-refractivity contribution in [2.75, 3.05) is 12.3 Å². The minimum atomic E-state index is -0.376. The Bertz CT molecular complexity index is 400. The van der Waals surface area contributed by atoms with Crippen LogP contribution in [0.2, 0.25) is 0 Å². The molecule has 0 unspecified atom stereocenters. The molecule has 0 spiro atoms. The molecule has 0 atom stereocenters. The number of hydrogen-bond donors (Lipinski definition) is 1. The van der Waals surface area contributed by atoms with Crippen LogP contribution in [0.15, 0.2) is 18.2 Å². The lowest BCUT2D eigenvalue weighted by Gasteiger charge is -2.16. The zero-order valence-corrected chi connectivity index (χ0v) is 11.2. The van der Waals surface area contributed by atoms with Crippen molar-refractivity contribution in [2.45, 2.75) is 39.7 Å². The highest BCUT2D eigenvalue weighted by Crippen LogP contribution is 2.27. The number of rotatable bonds is 6. The Morgan fingerprint density at radius 3 is 2.50 bits per heavy atom. The molecule has 0 fully saturated rings. The zero-order chi connectivity index (χ0) is 13.5. The highest BCUT2D eigenvalue weighted by Gasteiger charge is 2.18. The van der Waals surface area contributed by atoms with Crippen LogP contribution in [0.3, 0.4) is 0 Å². The predicted octanol–water partition coefficient (Wildman–Crippen LogP) is 3.01. The first kappa shape index (κ1) is 14.4. The number of hydrogen-bond acceptors (Lipinski definition) is 4. The molecule has 0 amide bonds. The quantitative estimate of drug-likeness (QED) is 0.623. The summed E-state index contributed by atoms with van der Waals surface area (Å²) in [5.41, 5.74) is 6.66. The topological polar surface area (TPSA) is 61.5 Å². The number of esters is 1. The summed E-state index contributed by atoms with van der Waals surface area (Å²) in [5, 5.41) is 0. The maximum atomic E-state index is 12.1. The summed E-state index contributed by atoms with van der Waals surface area (Å²) < 4.78 is 10.8. The van der Waals surface area contributed by atoms with Crippen molar-refractivity contribution in [3.05, 3.63) is 23.8 Å². The van der Waals surface area contributed by atoms with E-state index in [1.807, 2.05) is 20.8 Å². The first-order valence-corrected chi connectivity index (χ1v) is 6.36. The molecule has 0 saturated heterocycles. The summed E-state index contributed by atoms with van der Waals surface area (Å²) in [6.45, 7) is 6.29. The van der Waals surface area contributed by atoms with Crippen LogP contribution in [0.5, 0.6) is 5.75 Å². The highest BCUT2D eigenvalue weighted by molar-refractivity contribution is 5.94. The van der Waals surface area contributed by atoms with Gasteiger partial charge in [-0.2, -0.15) is 0 Å². The molecule has 0 heterocycles. The van der Waals surface area contributed by atoms with Gasteiger partial charge in [0, 0.05) is 0 Å². The average Bonchev–Trinajstić information content (AvgIpc) is 2.38. The Kier molecular flexibility index (Phi) is 5.49. The van der Waals surface area contributed by atoms with E-state index < -0.39 is 0 Å². The molecule has 0 bridgehead atoms. The van der Waals surface area contributed by atoms with Crippen molar-refractivity contribution < 1.29 is 14.3 Å². The predicted molar refractivity (Wildman–Crippen MR) is 71.8 cm³/mol. The van der Waals surface area contributed by atoms with Gasteiger partial charge in [-0.15, -0.1) is 0 Å². The fourth-order valence-corrected chi connectivity index (χ4v) is 1.69. The monoisotopic (exact) mass is 251 g/mol. The van der Waals surface area contributed by atoms with Crippen molar-refractivity contribution >= 4 is 11.7 Å². The Labute approximate surface area is 108 Å². The zero-order valence-electron chi connectivity index (χ0n) is 11.2. The van der Waals surface area contributed by atoms with E-state index in [0.717, 1.165) is 12.8 Å². The first-order chi connectivity index (χ1) is 8.63. The molecule has 100 valence electrons. The molecule has 0 aliphatic rings. The SMILES string of the molecule is CCOc1c(N)cccc1C(=O)OC(CC)CC. The molecule has 1 aromatic rings. The normalized spacial score (nSPS) is 10.4. The van der Waals surface area contributed by atoms with Crippen LogP contribution >= 0.6 is 0 Å². The van der Waals surface area contributed by atoms with Gasteiger partial charge >= 0.3 is 5.97 Å². The maximum Gasteiger partial charge on any atom is 0.342 e. The second-order valence-electron chi connectivity index (χ2n) is 4.00. The summed E-state index contributed by atoms with van der Waals surface area (Å²) in [7, 11) is 0. The van der Waals surface area contributed by atoms with Gasteiger partial charge < -0.3 is 15.2 Å². The molecule has 4 heteroatoms. The average molecular weight is 251 g/mol. The fourth-order valence-electron chi connectivity index (χ4n) is 1.69. The minimum Gasteiger partial charge on any atom is -0.491 e. The molecular formula is C14H21NO3. The molecule has 0 saturated carbocycles. The van der Waals surface area contributed by atoms with E-state index in [4.69, 9.17) is 15.2 Å². The number of carbonyl (C=O) groups excluding carboxylic acids is 1. The number of nitrogen functional groups attached to an aromatic ring is 1. The van der Waals surface area contributed by atoms with Crippen molar-refractivity contribution in [2.24, 2.45) is 0 Å². The number of para-hydroxylation sites is 1. The molecule has 1 rings (SSSR count). The molecule has 0 radical (unpaired) electrons. The van der Waals surface area contributed by atoms with E-state index in [9.17, 15) is 4.79 Å². The van der Waals surface area contributed by atoms with E-state index in [2.05, 4.69) is 0 Å². The number of nitrogens with two attached hydrogens (primary N) is 1. The number of anilines is 1. The first-order valence-electron chi connectivity index (χ1n) is 6.36. The van der Waals surface area contributed by atoms with E-state index in [1.165, 1.54) is 0 Å². The maximum absolute atomic E-state index is 12.1. The Balaban J connectivity index is 2.94. The largest absolute Gasteiger partial charge is 0.491 e. The molecule has 18 heavy (non-hydrogen) atoms. The van der Waals surface area contributed by atoms with E-state index in [1.54, 1.807) is 18.2 Å². The molecule has 0 aliphatic carbocycles. The van der Waals surface area contributed by atoms with Gasteiger partial charge in [0.1, 0.15) is 11.7 Å². The summed E-state index contributed by atoms with van der Waals surface area (Å²) in [6, 6.07) is 5.10. The summed E-state index contributed by atoms with van der Waals surface area (Å²) in [4.78, 5) is 12.1. The van der Waals surface area contributed by atoms with Gasteiger partial charge in [-0.25, -0.2) is 4.79 Å². The van der Waals surface area contributed by atoms with Crippen LogP contribution in [-0.4, -0.2) is 18.7 Å². The van der Waals surface area contributed by atoms with E-state index in [-0.39, 0.29) is 12.1 Å². The van der Waals surface area contributed by atoms with Crippen molar-refractivity contribution in [3.63, 3.8) is 0 Å². The van der Waals surface area contributed by atoms with Crippen LogP contribution in [0.4, 0.5) is 5.69 Å². The third kappa shape index (κ3) is 3.39. The molecule has 0 aliphatic heterocycles. The number of ether oxygens (including phenoxy) is 2. The lowest BCUT2D eigenvalue weighted by Crippen LogP contribution is -2.17. The van der Waals surface area contributed by atoms with Crippen molar-refractivity contribution in [1.82, 2.24) is 0 Å². The highest BCUT2D eigenvalue weighted by atomic mass is 16.5. The lowest BCUT2D eigenvalue weighted by atomic mass is 10.1. The molecule has 0 aromatic heterocycles. The second kappa shape index (κ2) is 6.89. The summed E-state index contributed by atoms with van der Waals surface area (Å²) in [5.74, 6) is 0.0374. The van der Waals surface area contributed by atoms with Gasteiger partial charge in [0.2, 0.25) is 0 Å². The van der Waals surface area contributed by atoms with Crippen molar-refractivity contribution in [3.8, 4) is 5.75 Å². The number of carbonyl (C=O) groups is 1.